The molecule has 2 amide bonds. The summed E-state index contributed by atoms with van der Waals surface area (Å²) in [7, 11) is 0. The van der Waals surface area contributed by atoms with Crippen LogP contribution in [0.3, 0.4) is 0 Å². The highest BCUT2D eigenvalue weighted by Gasteiger charge is 2.18. The van der Waals surface area contributed by atoms with Crippen LogP contribution in [0.4, 0.5) is 5.69 Å². The minimum Gasteiger partial charge on any atom is -0.481 e. The van der Waals surface area contributed by atoms with Gasteiger partial charge in [0.2, 0.25) is 0 Å². The molecule has 3 rings (SSSR count). The normalized spacial score (nSPS) is 12.6. The Morgan fingerprint density at radius 2 is 1.84 bits per heavy atom. The first-order valence-corrected chi connectivity index (χ1v) is 10.4. The van der Waals surface area contributed by atoms with Crippen molar-refractivity contribution in [2.45, 2.75) is 45.8 Å². The second kappa shape index (κ2) is 10.5. The van der Waals surface area contributed by atoms with Crippen molar-refractivity contribution in [2.75, 3.05) is 5.32 Å². The van der Waals surface area contributed by atoms with E-state index in [0.29, 0.717) is 35.2 Å². The molecule has 0 radical (unpaired) electrons. The van der Waals surface area contributed by atoms with Gasteiger partial charge in [-0.05, 0) is 61.2 Å². The van der Waals surface area contributed by atoms with Gasteiger partial charge in [-0.25, -0.2) is 0 Å². The molecular weight excluding hydrogens is 392 g/mol. The van der Waals surface area contributed by atoms with Gasteiger partial charge in [0.25, 0.3) is 11.8 Å². The maximum Gasteiger partial charge on any atom is 0.265 e. The number of para-hydroxylation sites is 1. The van der Waals surface area contributed by atoms with Crippen molar-refractivity contribution in [1.29, 1.82) is 0 Å². The minimum absolute atomic E-state index is 0.251. The van der Waals surface area contributed by atoms with Crippen LogP contribution in [0.5, 0.6) is 5.75 Å². The van der Waals surface area contributed by atoms with E-state index in [0.717, 1.165) is 12.0 Å². The van der Waals surface area contributed by atoms with Gasteiger partial charge >= 0.3 is 0 Å². The van der Waals surface area contributed by atoms with Crippen LogP contribution in [-0.2, 0) is 11.3 Å². The van der Waals surface area contributed by atoms with Gasteiger partial charge in [0.05, 0.1) is 12.8 Å². The van der Waals surface area contributed by atoms with E-state index in [2.05, 4.69) is 24.5 Å². The van der Waals surface area contributed by atoms with Crippen LogP contribution in [0, 0.1) is 0 Å². The lowest BCUT2D eigenvalue weighted by Gasteiger charge is -2.19. The van der Waals surface area contributed by atoms with E-state index >= 15 is 0 Å². The smallest absolute Gasteiger partial charge is 0.265 e. The highest BCUT2D eigenvalue weighted by atomic mass is 16.5. The van der Waals surface area contributed by atoms with Gasteiger partial charge in [-0.3, -0.25) is 9.59 Å². The predicted octanol–water partition coefficient (Wildman–Crippen LogP) is 5.13. The zero-order chi connectivity index (χ0) is 22.2. The standard InChI is InChI=1S/C25H28N2O4/c1-4-17(2)22-12-5-6-13-23(22)31-18(3)24(28)27-20-10-7-9-19(15-20)25(29)26-16-21-11-8-14-30-21/h5-15,17-18H,4,16H2,1-3H3,(H,26,29)(H,27,28). The van der Waals surface area contributed by atoms with Gasteiger partial charge in [0, 0.05) is 11.3 Å². The van der Waals surface area contributed by atoms with Gasteiger partial charge < -0.3 is 19.8 Å². The average Bonchev–Trinajstić information content (AvgIpc) is 3.31. The predicted molar refractivity (Wildman–Crippen MR) is 120 cm³/mol. The molecule has 3 aromatic rings. The third-order valence-corrected chi connectivity index (χ3v) is 5.13. The topological polar surface area (TPSA) is 80.6 Å². The third kappa shape index (κ3) is 5.98. The zero-order valence-electron chi connectivity index (χ0n) is 18.1. The molecule has 6 heteroatoms. The van der Waals surface area contributed by atoms with Gasteiger partial charge in [0.1, 0.15) is 11.5 Å². The van der Waals surface area contributed by atoms with E-state index in [4.69, 9.17) is 9.15 Å². The second-order valence-electron chi connectivity index (χ2n) is 7.44. The lowest BCUT2D eigenvalue weighted by molar-refractivity contribution is -0.122. The number of ether oxygens (including phenoxy) is 1. The fourth-order valence-corrected chi connectivity index (χ4v) is 3.12. The van der Waals surface area contributed by atoms with Crippen LogP contribution in [0.2, 0.25) is 0 Å². The first-order valence-electron chi connectivity index (χ1n) is 10.4. The monoisotopic (exact) mass is 420 g/mol. The fraction of sp³-hybridized carbons (Fsp3) is 0.280. The van der Waals surface area contributed by atoms with Crippen LogP contribution in [-0.4, -0.2) is 17.9 Å². The lowest BCUT2D eigenvalue weighted by Crippen LogP contribution is -2.30. The Kier molecular flexibility index (Phi) is 7.49. The van der Waals surface area contributed by atoms with Crippen molar-refractivity contribution < 1.29 is 18.7 Å². The fourth-order valence-electron chi connectivity index (χ4n) is 3.12. The van der Waals surface area contributed by atoms with Crippen molar-refractivity contribution in [1.82, 2.24) is 5.32 Å². The molecule has 2 N–H and O–H groups in total. The second-order valence-corrected chi connectivity index (χ2v) is 7.44. The molecule has 0 aliphatic rings. The summed E-state index contributed by atoms with van der Waals surface area (Å²) >= 11 is 0. The Morgan fingerprint density at radius 1 is 1.03 bits per heavy atom. The number of rotatable bonds is 9. The number of benzene rings is 2. The number of furan rings is 1. The molecular formula is C25H28N2O4. The first-order chi connectivity index (χ1) is 15.0. The van der Waals surface area contributed by atoms with Crippen molar-refractivity contribution in [2.24, 2.45) is 0 Å². The average molecular weight is 421 g/mol. The van der Waals surface area contributed by atoms with Gasteiger partial charge in [0.15, 0.2) is 6.10 Å². The molecule has 0 saturated heterocycles. The van der Waals surface area contributed by atoms with Gasteiger partial charge in [-0.1, -0.05) is 38.1 Å². The maximum absolute atomic E-state index is 12.7. The summed E-state index contributed by atoms with van der Waals surface area (Å²) in [6, 6.07) is 18.1. The Morgan fingerprint density at radius 3 is 2.58 bits per heavy atom. The maximum atomic E-state index is 12.7. The zero-order valence-corrected chi connectivity index (χ0v) is 18.1. The Labute approximate surface area is 182 Å². The molecule has 6 nitrogen and oxygen atoms in total. The Hall–Kier alpha value is -3.54. The molecule has 1 aromatic heterocycles. The molecule has 0 spiro atoms. The quantitative estimate of drug-likeness (QED) is 0.503. The number of carbonyl (C=O) groups is 2. The molecule has 2 aromatic carbocycles. The summed E-state index contributed by atoms with van der Waals surface area (Å²) in [4.78, 5) is 25.1. The van der Waals surface area contributed by atoms with E-state index in [1.54, 1.807) is 49.6 Å². The molecule has 2 unspecified atom stereocenters. The number of anilines is 1. The summed E-state index contributed by atoms with van der Waals surface area (Å²) in [5.41, 5.74) is 2.06. The number of hydrogen-bond acceptors (Lipinski definition) is 4. The summed E-state index contributed by atoms with van der Waals surface area (Å²) in [6.45, 7) is 6.26. The highest BCUT2D eigenvalue weighted by Crippen LogP contribution is 2.29. The van der Waals surface area contributed by atoms with Crippen LogP contribution < -0.4 is 15.4 Å². The Bertz CT molecular complexity index is 1010. The lowest BCUT2D eigenvalue weighted by atomic mass is 9.98. The van der Waals surface area contributed by atoms with Crippen LogP contribution in [0.15, 0.2) is 71.3 Å². The molecule has 2 atom stereocenters. The largest absolute Gasteiger partial charge is 0.481 e. The minimum atomic E-state index is -0.693. The number of amides is 2. The molecule has 162 valence electrons. The summed E-state index contributed by atoms with van der Waals surface area (Å²) in [5, 5.41) is 5.62. The van der Waals surface area contributed by atoms with Crippen molar-refractivity contribution in [3.63, 3.8) is 0 Å². The third-order valence-electron chi connectivity index (χ3n) is 5.13. The summed E-state index contributed by atoms with van der Waals surface area (Å²) < 4.78 is 11.2. The van der Waals surface area contributed by atoms with Crippen molar-refractivity contribution in [3.8, 4) is 5.75 Å². The first kappa shape index (κ1) is 22.2. The number of hydrogen-bond donors (Lipinski definition) is 2. The molecule has 0 aliphatic heterocycles. The number of nitrogens with one attached hydrogen (secondary N) is 2. The number of carbonyl (C=O) groups excluding carboxylic acids is 2. The molecule has 1 heterocycles. The van der Waals surface area contributed by atoms with E-state index in [1.807, 2.05) is 24.3 Å². The van der Waals surface area contributed by atoms with Crippen molar-refractivity contribution in [3.05, 3.63) is 83.8 Å². The summed E-state index contributed by atoms with van der Waals surface area (Å²) in [5.74, 6) is 1.18. The van der Waals surface area contributed by atoms with E-state index in [9.17, 15) is 9.59 Å². The van der Waals surface area contributed by atoms with E-state index in [1.165, 1.54) is 0 Å². The van der Waals surface area contributed by atoms with Crippen LogP contribution in [0.1, 0.15) is 54.8 Å². The van der Waals surface area contributed by atoms with Crippen molar-refractivity contribution >= 4 is 17.5 Å². The SMILES string of the molecule is CCC(C)c1ccccc1OC(C)C(=O)Nc1cccc(C(=O)NCc2ccco2)c1. The van der Waals surface area contributed by atoms with Crippen LogP contribution in [0.25, 0.3) is 0 Å². The van der Waals surface area contributed by atoms with Gasteiger partial charge in [-0.2, -0.15) is 0 Å². The molecule has 0 aliphatic carbocycles. The molecule has 0 fully saturated rings. The van der Waals surface area contributed by atoms with Crippen LogP contribution >= 0.6 is 0 Å². The van der Waals surface area contributed by atoms with E-state index in [-0.39, 0.29) is 11.8 Å². The molecule has 0 bridgehead atoms. The highest BCUT2D eigenvalue weighted by molar-refractivity contribution is 5.98. The van der Waals surface area contributed by atoms with Gasteiger partial charge in [-0.15, -0.1) is 0 Å². The Balaban J connectivity index is 1.61. The molecule has 31 heavy (non-hydrogen) atoms. The van der Waals surface area contributed by atoms with E-state index < -0.39 is 6.10 Å². The molecule has 0 saturated carbocycles. The summed E-state index contributed by atoms with van der Waals surface area (Å²) in [6.07, 6.45) is 1.85.